The number of hydrogen-bond donors (Lipinski definition) is 1. The van der Waals surface area contributed by atoms with Gasteiger partial charge in [0.1, 0.15) is 9.53 Å². The Morgan fingerprint density at radius 1 is 1.50 bits per heavy atom. The highest BCUT2D eigenvalue weighted by Crippen LogP contribution is 2.28. The molecule has 0 spiro atoms. The summed E-state index contributed by atoms with van der Waals surface area (Å²) in [4.78, 5) is 24.1. The number of aromatic amines is 1. The minimum absolute atomic E-state index is 0.0858. The zero-order valence-electron chi connectivity index (χ0n) is 8.35. The molecule has 0 aromatic carbocycles. The van der Waals surface area contributed by atoms with Gasteiger partial charge in [0.15, 0.2) is 5.16 Å². The van der Waals surface area contributed by atoms with Gasteiger partial charge in [-0.15, -0.1) is 11.3 Å². The van der Waals surface area contributed by atoms with Crippen LogP contribution in [0.4, 0.5) is 0 Å². The second-order valence-electron chi connectivity index (χ2n) is 3.21. The van der Waals surface area contributed by atoms with Gasteiger partial charge in [-0.25, -0.2) is 9.97 Å². The van der Waals surface area contributed by atoms with Gasteiger partial charge in [-0.2, -0.15) is 0 Å². The third-order valence-corrected chi connectivity index (χ3v) is 3.96. The third kappa shape index (κ3) is 1.34. The number of thiophene rings is 1. The van der Waals surface area contributed by atoms with Gasteiger partial charge in [-0.05, 0) is 18.4 Å². The normalized spacial score (nSPS) is 11.3. The topological polar surface area (TPSA) is 58.6 Å². The number of hydrogen-bond acceptors (Lipinski definition) is 5. The number of fused-ring (bicyclic) bond motifs is 3. The molecule has 0 atom stereocenters. The van der Waals surface area contributed by atoms with Crippen molar-refractivity contribution in [3.05, 3.63) is 28.7 Å². The van der Waals surface area contributed by atoms with Crippen molar-refractivity contribution in [3.63, 3.8) is 0 Å². The highest BCUT2D eigenvalue weighted by molar-refractivity contribution is 7.98. The number of pyridine rings is 1. The molecular weight excluding hydrogens is 242 g/mol. The number of thioether (sulfide) groups is 1. The first-order valence-corrected chi connectivity index (χ1v) is 6.65. The predicted molar refractivity (Wildman–Crippen MR) is 67.3 cm³/mol. The van der Waals surface area contributed by atoms with Gasteiger partial charge in [0.25, 0.3) is 5.56 Å². The number of nitrogens with one attached hydrogen (secondary N) is 1. The van der Waals surface area contributed by atoms with E-state index >= 15 is 0 Å². The molecule has 6 heteroatoms. The Bertz CT molecular complexity index is 732. The van der Waals surface area contributed by atoms with Crippen LogP contribution in [-0.4, -0.2) is 21.2 Å². The molecule has 3 aromatic rings. The molecule has 1 N–H and O–H groups in total. The summed E-state index contributed by atoms with van der Waals surface area (Å²) < 4.78 is 0.645. The maximum atomic E-state index is 11.8. The fraction of sp³-hybridized carbons (Fsp3) is 0.100. The predicted octanol–water partition coefficient (Wildman–Crippen LogP) is 2.25. The Kier molecular flexibility index (Phi) is 2.19. The summed E-state index contributed by atoms with van der Waals surface area (Å²) in [7, 11) is 0. The van der Waals surface area contributed by atoms with Crippen molar-refractivity contribution in [3.8, 4) is 0 Å². The van der Waals surface area contributed by atoms with E-state index in [2.05, 4.69) is 15.0 Å². The van der Waals surface area contributed by atoms with Gasteiger partial charge in [0.05, 0.1) is 5.52 Å². The standard InChI is InChI=1S/C10H7N3OS2/c1-15-10-12-6-5-3-2-4-11-9(5)16-7(6)8(14)13-10/h2-4H,1H3,(H,12,13,14). The Morgan fingerprint density at radius 2 is 2.38 bits per heavy atom. The second kappa shape index (κ2) is 3.57. The molecule has 0 fully saturated rings. The molecule has 0 saturated heterocycles. The molecule has 0 unspecified atom stereocenters. The highest BCUT2D eigenvalue weighted by Gasteiger charge is 2.11. The molecule has 3 heterocycles. The van der Waals surface area contributed by atoms with Crippen LogP contribution in [-0.2, 0) is 0 Å². The molecule has 0 radical (unpaired) electrons. The van der Waals surface area contributed by atoms with Gasteiger partial charge in [0, 0.05) is 11.6 Å². The molecule has 16 heavy (non-hydrogen) atoms. The summed E-state index contributed by atoms with van der Waals surface area (Å²) in [5.74, 6) is 0. The largest absolute Gasteiger partial charge is 0.300 e. The number of H-pyrrole nitrogens is 1. The molecule has 0 aliphatic heterocycles. The van der Waals surface area contributed by atoms with Crippen molar-refractivity contribution in [2.45, 2.75) is 5.16 Å². The SMILES string of the molecule is CSc1nc2c(sc3ncccc32)c(=O)[nH]1. The van der Waals surface area contributed by atoms with E-state index in [0.717, 1.165) is 15.7 Å². The summed E-state index contributed by atoms with van der Waals surface area (Å²) in [5.41, 5.74) is 0.665. The first-order valence-electron chi connectivity index (χ1n) is 4.61. The van der Waals surface area contributed by atoms with E-state index in [1.807, 2.05) is 18.4 Å². The summed E-state index contributed by atoms with van der Waals surface area (Å²) in [6.07, 6.45) is 3.61. The van der Waals surface area contributed by atoms with Crippen LogP contribution in [0.1, 0.15) is 0 Å². The van der Waals surface area contributed by atoms with Gasteiger partial charge >= 0.3 is 0 Å². The quantitative estimate of drug-likeness (QED) is 0.531. The van der Waals surface area contributed by atoms with Gasteiger partial charge in [-0.1, -0.05) is 11.8 Å². The number of aromatic nitrogens is 3. The molecule has 0 amide bonds. The van der Waals surface area contributed by atoms with E-state index in [4.69, 9.17) is 0 Å². The molecule has 0 aliphatic rings. The van der Waals surface area contributed by atoms with Crippen LogP contribution >= 0.6 is 23.1 Å². The fourth-order valence-corrected chi connectivity index (χ4v) is 2.92. The molecule has 80 valence electrons. The summed E-state index contributed by atoms with van der Waals surface area (Å²) in [5, 5.41) is 1.59. The van der Waals surface area contributed by atoms with Crippen molar-refractivity contribution in [1.82, 2.24) is 15.0 Å². The van der Waals surface area contributed by atoms with Crippen LogP contribution in [0.15, 0.2) is 28.3 Å². The first-order chi connectivity index (χ1) is 7.79. The molecule has 0 bridgehead atoms. The van der Waals surface area contributed by atoms with Crippen LogP contribution in [0, 0.1) is 0 Å². The van der Waals surface area contributed by atoms with Crippen molar-refractivity contribution in [2.75, 3.05) is 6.26 Å². The number of nitrogens with zero attached hydrogens (tertiary/aromatic N) is 2. The van der Waals surface area contributed by atoms with Crippen LogP contribution < -0.4 is 5.56 Å². The zero-order valence-corrected chi connectivity index (χ0v) is 9.98. The summed E-state index contributed by atoms with van der Waals surface area (Å²) in [6.45, 7) is 0. The zero-order chi connectivity index (χ0) is 11.1. The Hall–Kier alpha value is -1.40. The van der Waals surface area contributed by atoms with Gasteiger partial charge in [0.2, 0.25) is 0 Å². The minimum Gasteiger partial charge on any atom is -0.300 e. The maximum Gasteiger partial charge on any atom is 0.269 e. The lowest BCUT2D eigenvalue weighted by Crippen LogP contribution is -2.06. The van der Waals surface area contributed by atoms with Crippen molar-refractivity contribution >= 4 is 43.5 Å². The molecule has 0 saturated carbocycles. The van der Waals surface area contributed by atoms with Crippen molar-refractivity contribution in [2.24, 2.45) is 0 Å². The first kappa shape index (κ1) is 9.80. The Morgan fingerprint density at radius 3 is 3.19 bits per heavy atom. The summed E-state index contributed by atoms with van der Waals surface area (Å²) >= 11 is 2.81. The lowest BCUT2D eigenvalue weighted by atomic mass is 10.3. The van der Waals surface area contributed by atoms with E-state index in [1.54, 1.807) is 6.20 Å². The second-order valence-corrected chi connectivity index (χ2v) is 5.01. The van der Waals surface area contributed by atoms with Crippen molar-refractivity contribution in [1.29, 1.82) is 0 Å². The lowest BCUT2D eigenvalue weighted by Gasteiger charge is -1.95. The fourth-order valence-electron chi connectivity index (χ4n) is 1.56. The lowest BCUT2D eigenvalue weighted by molar-refractivity contribution is 0.983. The smallest absolute Gasteiger partial charge is 0.269 e. The molecule has 4 nitrogen and oxygen atoms in total. The third-order valence-electron chi connectivity index (χ3n) is 2.27. The van der Waals surface area contributed by atoms with Crippen LogP contribution in [0.5, 0.6) is 0 Å². The molecule has 3 aromatic heterocycles. The van der Waals surface area contributed by atoms with E-state index in [9.17, 15) is 4.79 Å². The van der Waals surface area contributed by atoms with Crippen molar-refractivity contribution < 1.29 is 0 Å². The number of rotatable bonds is 1. The van der Waals surface area contributed by atoms with Crippen LogP contribution in [0.3, 0.4) is 0 Å². The molecular formula is C10H7N3OS2. The van der Waals surface area contributed by atoms with Gasteiger partial charge in [-0.3, -0.25) is 4.79 Å². The van der Waals surface area contributed by atoms with Gasteiger partial charge < -0.3 is 4.98 Å². The monoisotopic (exact) mass is 249 g/mol. The summed E-state index contributed by atoms with van der Waals surface area (Å²) in [6, 6.07) is 3.80. The Balaban J connectivity index is 2.56. The van der Waals surface area contributed by atoms with Crippen LogP contribution in [0.25, 0.3) is 20.4 Å². The van der Waals surface area contributed by atoms with E-state index in [1.165, 1.54) is 23.1 Å². The molecule has 3 rings (SSSR count). The van der Waals surface area contributed by atoms with E-state index < -0.39 is 0 Å². The highest BCUT2D eigenvalue weighted by atomic mass is 32.2. The average Bonchev–Trinajstić information content (AvgIpc) is 2.68. The molecule has 0 aliphatic carbocycles. The average molecular weight is 249 g/mol. The van der Waals surface area contributed by atoms with Crippen LogP contribution in [0.2, 0.25) is 0 Å². The van der Waals surface area contributed by atoms with E-state index in [0.29, 0.717) is 9.86 Å². The Labute approximate surface area is 98.7 Å². The minimum atomic E-state index is -0.0858. The van der Waals surface area contributed by atoms with E-state index in [-0.39, 0.29) is 5.56 Å². The maximum absolute atomic E-state index is 11.8.